The molecular weight excluding hydrogens is 356 g/mol. The topological polar surface area (TPSA) is 89.8 Å². The number of thiophene rings is 1. The van der Waals surface area contributed by atoms with Crippen molar-refractivity contribution in [1.82, 2.24) is 4.57 Å². The summed E-state index contributed by atoms with van der Waals surface area (Å²) < 4.78 is 12.9. The number of aromatic hydroxyl groups is 1. The first-order chi connectivity index (χ1) is 12.6. The highest BCUT2D eigenvalue weighted by Gasteiger charge is 2.23. The van der Waals surface area contributed by atoms with Crippen LogP contribution in [-0.4, -0.2) is 28.8 Å². The molecule has 1 amide bonds. The number of ether oxygens (including phenoxy) is 2. The Morgan fingerprint density at radius 2 is 2.04 bits per heavy atom. The first kappa shape index (κ1) is 16.5. The van der Waals surface area contributed by atoms with Gasteiger partial charge in [-0.2, -0.15) is 0 Å². The molecule has 0 unspecified atom stereocenters. The van der Waals surface area contributed by atoms with Gasteiger partial charge in [0.25, 0.3) is 11.5 Å². The summed E-state index contributed by atoms with van der Waals surface area (Å²) >= 11 is 1.28. The number of anilines is 1. The highest BCUT2D eigenvalue weighted by atomic mass is 32.1. The molecule has 0 saturated heterocycles. The average molecular weight is 372 g/mol. The molecule has 0 aliphatic carbocycles. The smallest absolute Gasteiger partial charge is 0.267 e. The highest BCUT2D eigenvalue weighted by Crippen LogP contribution is 2.34. The maximum absolute atomic E-state index is 12.7. The quantitative estimate of drug-likeness (QED) is 0.738. The minimum atomic E-state index is -0.665. The first-order valence-corrected chi connectivity index (χ1v) is 9.02. The van der Waals surface area contributed by atoms with Gasteiger partial charge >= 0.3 is 0 Å². The molecule has 0 saturated carbocycles. The first-order valence-electron chi connectivity index (χ1n) is 8.14. The third kappa shape index (κ3) is 2.59. The number of amides is 1. The van der Waals surface area contributed by atoms with Gasteiger partial charge in [-0.05, 0) is 30.5 Å². The number of benzene rings is 1. The third-order valence-corrected chi connectivity index (χ3v) is 5.10. The summed E-state index contributed by atoms with van der Waals surface area (Å²) in [4.78, 5) is 25.4. The van der Waals surface area contributed by atoms with Crippen LogP contribution in [0.2, 0.25) is 0 Å². The summed E-state index contributed by atoms with van der Waals surface area (Å²) in [6.07, 6.45) is 0. The molecule has 0 spiro atoms. The molecule has 0 atom stereocenters. The van der Waals surface area contributed by atoms with Gasteiger partial charge in [0.2, 0.25) is 0 Å². The fraction of sp³-hybridized carbons (Fsp3) is 0.222. The number of hydrogen-bond donors (Lipinski definition) is 2. The Balaban J connectivity index is 1.74. The summed E-state index contributed by atoms with van der Waals surface area (Å²) in [6.45, 7) is 3.13. The number of carbonyl (C=O) groups excluding carboxylic acids is 1. The monoisotopic (exact) mass is 372 g/mol. The van der Waals surface area contributed by atoms with Crippen LogP contribution in [0.4, 0.5) is 5.69 Å². The Morgan fingerprint density at radius 3 is 2.81 bits per heavy atom. The van der Waals surface area contributed by atoms with Gasteiger partial charge in [0.15, 0.2) is 17.2 Å². The Kier molecular flexibility index (Phi) is 4.04. The van der Waals surface area contributed by atoms with E-state index in [4.69, 9.17) is 9.47 Å². The Hall–Kier alpha value is -3.00. The molecule has 134 valence electrons. The predicted molar refractivity (Wildman–Crippen MR) is 98.8 cm³/mol. The summed E-state index contributed by atoms with van der Waals surface area (Å²) in [5, 5.41) is 14.9. The molecule has 1 aromatic carbocycles. The number of pyridine rings is 1. The largest absolute Gasteiger partial charge is 0.505 e. The number of nitrogens with zero attached hydrogens (tertiary/aromatic N) is 1. The molecule has 7 nitrogen and oxygen atoms in total. The van der Waals surface area contributed by atoms with Crippen molar-refractivity contribution in [3.8, 4) is 17.2 Å². The maximum atomic E-state index is 12.7. The van der Waals surface area contributed by atoms with E-state index in [1.54, 1.807) is 29.6 Å². The lowest BCUT2D eigenvalue weighted by Crippen LogP contribution is -2.29. The number of fused-ring (bicyclic) bond motifs is 2. The second kappa shape index (κ2) is 6.38. The number of rotatable bonds is 3. The van der Waals surface area contributed by atoms with E-state index in [9.17, 15) is 14.7 Å². The minimum absolute atomic E-state index is 0.267. The minimum Gasteiger partial charge on any atom is -0.505 e. The van der Waals surface area contributed by atoms with Gasteiger partial charge in [-0.25, -0.2) is 0 Å². The Morgan fingerprint density at radius 1 is 1.27 bits per heavy atom. The van der Waals surface area contributed by atoms with E-state index in [0.29, 0.717) is 47.2 Å². The van der Waals surface area contributed by atoms with Crippen LogP contribution in [0, 0.1) is 0 Å². The molecule has 1 aliphatic rings. The molecule has 0 radical (unpaired) electrons. The molecule has 4 rings (SSSR count). The van der Waals surface area contributed by atoms with E-state index >= 15 is 0 Å². The number of carbonyl (C=O) groups is 1. The van der Waals surface area contributed by atoms with E-state index < -0.39 is 11.5 Å². The van der Waals surface area contributed by atoms with Crippen LogP contribution in [0.15, 0.2) is 34.4 Å². The van der Waals surface area contributed by atoms with Gasteiger partial charge in [0.1, 0.15) is 18.8 Å². The molecule has 2 N–H and O–H groups in total. The van der Waals surface area contributed by atoms with Crippen LogP contribution in [0.1, 0.15) is 17.3 Å². The maximum Gasteiger partial charge on any atom is 0.267 e. The molecular formula is C18H16N2O5S. The van der Waals surface area contributed by atoms with Gasteiger partial charge in [-0.15, -0.1) is 11.3 Å². The van der Waals surface area contributed by atoms with E-state index in [0.717, 1.165) is 0 Å². The van der Waals surface area contributed by atoms with E-state index in [-0.39, 0.29) is 11.3 Å². The van der Waals surface area contributed by atoms with Crippen molar-refractivity contribution in [2.45, 2.75) is 13.5 Å². The lowest BCUT2D eigenvalue weighted by atomic mass is 10.2. The Bertz CT molecular complexity index is 1070. The lowest BCUT2D eigenvalue weighted by Gasteiger charge is -2.19. The molecule has 0 fully saturated rings. The molecule has 3 heterocycles. The van der Waals surface area contributed by atoms with Gasteiger partial charge in [-0.1, -0.05) is 0 Å². The van der Waals surface area contributed by atoms with Gasteiger partial charge in [0.05, 0.1) is 10.2 Å². The number of aryl methyl sites for hydroxylation is 1. The molecule has 3 aromatic rings. The molecule has 8 heteroatoms. The van der Waals surface area contributed by atoms with E-state index in [1.807, 2.05) is 6.92 Å². The summed E-state index contributed by atoms with van der Waals surface area (Å²) in [5.74, 6) is 0.171. The second-order valence-electron chi connectivity index (χ2n) is 5.72. The SMILES string of the molecule is CCn1c(=O)c(C(=O)Nc2ccc3c(c2)OCCO3)c(O)c2sccc21. The zero-order chi connectivity index (χ0) is 18.3. The number of aromatic nitrogens is 1. The van der Waals surface area contributed by atoms with Gasteiger partial charge < -0.3 is 24.5 Å². The van der Waals surface area contributed by atoms with Crippen LogP contribution in [0.25, 0.3) is 10.2 Å². The fourth-order valence-corrected chi connectivity index (χ4v) is 3.83. The van der Waals surface area contributed by atoms with Crippen molar-refractivity contribution < 1.29 is 19.4 Å². The average Bonchev–Trinajstić information content (AvgIpc) is 3.12. The summed E-state index contributed by atoms with van der Waals surface area (Å²) in [7, 11) is 0. The number of nitrogens with one attached hydrogen (secondary N) is 1. The van der Waals surface area contributed by atoms with Crippen LogP contribution < -0.4 is 20.3 Å². The van der Waals surface area contributed by atoms with E-state index in [1.165, 1.54) is 15.9 Å². The molecule has 1 aliphatic heterocycles. The third-order valence-electron chi connectivity index (χ3n) is 4.19. The number of hydrogen-bond acceptors (Lipinski definition) is 6. The summed E-state index contributed by atoms with van der Waals surface area (Å²) in [6, 6.07) is 6.74. The van der Waals surface area contributed by atoms with Gasteiger partial charge in [0, 0.05) is 18.3 Å². The van der Waals surface area contributed by atoms with Crippen molar-refractivity contribution in [2.24, 2.45) is 0 Å². The van der Waals surface area contributed by atoms with Crippen LogP contribution >= 0.6 is 11.3 Å². The van der Waals surface area contributed by atoms with Crippen LogP contribution in [0.5, 0.6) is 17.2 Å². The Labute approximate surface area is 152 Å². The molecule has 2 aromatic heterocycles. The second-order valence-corrected chi connectivity index (χ2v) is 6.64. The molecule has 0 bridgehead atoms. The van der Waals surface area contributed by atoms with Crippen molar-refractivity contribution in [1.29, 1.82) is 0 Å². The van der Waals surface area contributed by atoms with Crippen molar-refractivity contribution in [2.75, 3.05) is 18.5 Å². The van der Waals surface area contributed by atoms with Crippen molar-refractivity contribution >= 4 is 33.1 Å². The fourth-order valence-electron chi connectivity index (χ4n) is 2.98. The predicted octanol–water partition coefficient (Wildman–Crippen LogP) is 2.81. The normalized spacial score (nSPS) is 13.0. The van der Waals surface area contributed by atoms with Gasteiger partial charge in [-0.3, -0.25) is 9.59 Å². The zero-order valence-corrected chi connectivity index (χ0v) is 14.8. The van der Waals surface area contributed by atoms with Crippen LogP contribution in [0.3, 0.4) is 0 Å². The standard InChI is InChI=1S/C18H16N2O5S/c1-2-20-11-5-8-26-16(11)15(21)14(18(20)23)17(22)19-10-3-4-12-13(9-10)25-7-6-24-12/h3-5,8-9,21H,2,6-7H2,1H3,(H,19,22). The highest BCUT2D eigenvalue weighted by molar-refractivity contribution is 7.17. The van der Waals surface area contributed by atoms with Crippen LogP contribution in [-0.2, 0) is 6.54 Å². The van der Waals surface area contributed by atoms with Crippen molar-refractivity contribution in [3.63, 3.8) is 0 Å². The summed E-state index contributed by atoms with van der Waals surface area (Å²) in [5.41, 5.74) is 0.283. The van der Waals surface area contributed by atoms with Crippen molar-refractivity contribution in [3.05, 3.63) is 45.6 Å². The zero-order valence-electron chi connectivity index (χ0n) is 13.9. The molecule has 26 heavy (non-hydrogen) atoms. The lowest BCUT2D eigenvalue weighted by molar-refractivity contribution is 0.102. The van der Waals surface area contributed by atoms with E-state index in [2.05, 4.69) is 5.32 Å².